The highest BCUT2D eigenvalue weighted by atomic mass is 19.1. The minimum Gasteiger partial charge on any atom is -0.391 e. The highest BCUT2D eigenvalue weighted by Crippen LogP contribution is 2.41. The fourth-order valence-electron chi connectivity index (χ4n) is 2.75. The summed E-state index contributed by atoms with van der Waals surface area (Å²) in [7, 11) is 0. The fraction of sp³-hybridized carbons (Fsp3) is 0.429. The van der Waals surface area contributed by atoms with Gasteiger partial charge in [0.1, 0.15) is 29.9 Å². The van der Waals surface area contributed by atoms with Gasteiger partial charge in [-0.25, -0.2) is 13.8 Å². The molecule has 1 aromatic carbocycles. The maximum absolute atomic E-state index is 14.1. The summed E-state index contributed by atoms with van der Waals surface area (Å²) in [4.78, 5) is 3.84. The summed E-state index contributed by atoms with van der Waals surface area (Å²) in [5.41, 5.74) is -0.705. The van der Waals surface area contributed by atoms with Gasteiger partial charge in [0.25, 0.3) is 0 Å². The van der Waals surface area contributed by atoms with Crippen molar-refractivity contribution in [2.75, 3.05) is 6.61 Å². The molecule has 3 rings (SSSR count). The normalized spacial score (nSPS) is 25.4. The summed E-state index contributed by atoms with van der Waals surface area (Å²) in [5, 5.41) is 13.8. The highest BCUT2D eigenvalue weighted by Gasteiger charge is 2.43. The number of aliphatic hydroxyl groups is 1. The molecule has 1 fully saturated rings. The van der Waals surface area contributed by atoms with Crippen molar-refractivity contribution in [2.45, 2.75) is 31.1 Å². The summed E-state index contributed by atoms with van der Waals surface area (Å²) in [5.74, 6) is -1.30. The van der Waals surface area contributed by atoms with Crippen molar-refractivity contribution < 1.29 is 18.6 Å². The number of halogens is 2. The van der Waals surface area contributed by atoms with Crippen LogP contribution in [-0.2, 0) is 16.9 Å². The molecule has 2 unspecified atom stereocenters. The Morgan fingerprint density at radius 3 is 2.90 bits per heavy atom. The second-order valence-corrected chi connectivity index (χ2v) is 5.20. The highest BCUT2D eigenvalue weighted by molar-refractivity contribution is 5.26. The third-order valence-electron chi connectivity index (χ3n) is 3.75. The number of aryl methyl sites for hydroxylation is 1. The summed E-state index contributed by atoms with van der Waals surface area (Å²) in [6.07, 6.45) is 2.99. The number of hydrogen-bond donors (Lipinski definition) is 1. The number of rotatable bonds is 4. The van der Waals surface area contributed by atoms with Crippen molar-refractivity contribution in [3.05, 3.63) is 48.1 Å². The van der Waals surface area contributed by atoms with E-state index in [2.05, 4.69) is 10.1 Å². The Hall–Kier alpha value is -1.86. The van der Waals surface area contributed by atoms with Crippen LogP contribution in [0.15, 0.2) is 30.9 Å². The Labute approximate surface area is 120 Å². The number of aromatic nitrogens is 3. The van der Waals surface area contributed by atoms with Crippen molar-refractivity contribution in [2.24, 2.45) is 0 Å². The Kier molecular flexibility index (Phi) is 3.69. The molecule has 2 atom stereocenters. The van der Waals surface area contributed by atoms with Crippen molar-refractivity contribution >= 4 is 0 Å². The maximum atomic E-state index is 14.1. The minimum atomic E-state index is -0.969. The van der Waals surface area contributed by atoms with E-state index in [-0.39, 0.29) is 18.6 Å². The van der Waals surface area contributed by atoms with E-state index in [4.69, 9.17) is 4.74 Å². The first-order valence-electron chi connectivity index (χ1n) is 6.69. The van der Waals surface area contributed by atoms with Gasteiger partial charge >= 0.3 is 0 Å². The fourth-order valence-corrected chi connectivity index (χ4v) is 2.75. The number of benzene rings is 1. The van der Waals surface area contributed by atoms with Gasteiger partial charge in [-0.15, -0.1) is 0 Å². The number of ether oxygens (including phenoxy) is 1. The lowest BCUT2D eigenvalue weighted by Crippen LogP contribution is -2.29. The van der Waals surface area contributed by atoms with Gasteiger partial charge in [-0.1, -0.05) is 6.07 Å². The van der Waals surface area contributed by atoms with Crippen LogP contribution in [0.2, 0.25) is 0 Å². The van der Waals surface area contributed by atoms with Crippen LogP contribution in [-0.4, -0.2) is 32.6 Å². The topological polar surface area (TPSA) is 60.2 Å². The lowest BCUT2D eigenvalue weighted by Gasteiger charge is -2.29. The molecule has 0 radical (unpaired) electrons. The molecule has 1 aliphatic rings. The average Bonchev–Trinajstić information content (AvgIpc) is 3.07. The molecule has 1 aromatic heterocycles. The quantitative estimate of drug-likeness (QED) is 0.931. The van der Waals surface area contributed by atoms with Crippen LogP contribution in [0.3, 0.4) is 0 Å². The van der Waals surface area contributed by atoms with Crippen molar-refractivity contribution in [1.29, 1.82) is 0 Å². The van der Waals surface area contributed by atoms with E-state index in [0.717, 1.165) is 6.07 Å². The lowest BCUT2D eigenvalue weighted by atomic mass is 9.86. The molecule has 1 N–H and O–H groups in total. The molecule has 112 valence electrons. The molecule has 2 heterocycles. The lowest BCUT2D eigenvalue weighted by molar-refractivity contribution is -0.0161. The monoisotopic (exact) mass is 295 g/mol. The molecule has 2 aromatic rings. The van der Waals surface area contributed by atoms with Crippen molar-refractivity contribution in [1.82, 2.24) is 14.8 Å². The second-order valence-electron chi connectivity index (χ2n) is 5.20. The van der Waals surface area contributed by atoms with E-state index in [1.807, 2.05) is 0 Å². The molecular formula is C14H15F2N3O2. The average molecular weight is 295 g/mol. The van der Waals surface area contributed by atoms with E-state index in [1.165, 1.54) is 18.5 Å². The summed E-state index contributed by atoms with van der Waals surface area (Å²) in [6, 6.07) is 3.41. The first-order valence-corrected chi connectivity index (χ1v) is 6.69. The van der Waals surface area contributed by atoms with E-state index < -0.39 is 23.3 Å². The third kappa shape index (κ3) is 2.79. The van der Waals surface area contributed by atoms with Gasteiger partial charge in [0.2, 0.25) is 0 Å². The minimum absolute atomic E-state index is 0.133. The van der Waals surface area contributed by atoms with Crippen LogP contribution in [0, 0.1) is 11.6 Å². The smallest absolute Gasteiger partial charge is 0.137 e. The SMILES string of the molecule is OC1COC(CCn2cncn2)(c2ccc(F)cc2F)C1. The van der Waals surface area contributed by atoms with E-state index in [0.29, 0.717) is 13.0 Å². The molecule has 0 spiro atoms. The molecule has 1 saturated heterocycles. The Morgan fingerprint density at radius 1 is 1.43 bits per heavy atom. The van der Waals surface area contributed by atoms with Crippen molar-refractivity contribution in [3.63, 3.8) is 0 Å². The molecule has 1 aliphatic heterocycles. The van der Waals surface area contributed by atoms with Crippen LogP contribution in [0.4, 0.5) is 8.78 Å². The number of aliphatic hydroxyl groups excluding tert-OH is 1. The molecule has 0 bridgehead atoms. The molecule has 21 heavy (non-hydrogen) atoms. The van der Waals surface area contributed by atoms with Gasteiger partial charge in [-0.2, -0.15) is 5.10 Å². The van der Waals surface area contributed by atoms with Crippen LogP contribution in [0.5, 0.6) is 0 Å². The molecule has 7 heteroatoms. The molecule has 0 aliphatic carbocycles. The predicted molar refractivity (Wildman–Crippen MR) is 69.3 cm³/mol. The van der Waals surface area contributed by atoms with Gasteiger partial charge in [-0.3, -0.25) is 4.68 Å². The van der Waals surface area contributed by atoms with Crippen molar-refractivity contribution in [3.8, 4) is 0 Å². The van der Waals surface area contributed by atoms with Gasteiger partial charge in [0.15, 0.2) is 0 Å². The molecule has 5 nitrogen and oxygen atoms in total. The largest absolute Gasteiger partial charge is 0.391 e. The summed E-state index contributed by atoms with van der Waals surface area (Å²) < 4.78 is 34.5. The maximum Gasteiger partial charge on any atom is 0.137 e. The van der Waals surface area contributed by atoms with Gasteiger partial charge < -0.3 is 9.84 Å². The van der Waals surface area contributed by atoms with Gasteiger partial charge in [0.05, 0.1) is 12.7 Å². The first kappa shape index (κ1) is 14.1. The number of hydrogen-bond acceptors (Lipinski definition) is 4. The zero-order chi connectivity index (χ0) is 14.9. The standard InChI is InChI=1S/C14H15F2N3O2/c15-10-1-2-12(13(16)5-10)14(6-11(20)7-21-14)3-4-19-9-17-8-18-19/h1-2,5,8-9,11,20H,3-4,6-7H2. The van der Waals surface area contributed by atoms with Crippen LogP contribution in [0.1, 0.15) is 18.4 Å². The zero-order valence-electron chi connectivity index (χ0n) is 11.2. The van der Waals surface area contributed by atoms with E-state index in [9.17, 15) is 13.9 Å². The van der Waals surface area contributed by atoms with Gasteiger partial charge in [0, 0.05) is 31.0 Å². The molecule has 0 saturated carbocycles. The van der Waals surface area contributed by atoms with Gasteiger partial charge in [-0.05, 0) is 6.07 Å². The van der Waals surface area contributed by atoms with E-state index in [1.54, 1.807) is 11.0 Å². The van der Waals surface area contributed by atoms with Crippen LogP contribution >= 0.6 is 0 Å². The zero-order valence-corrected chi connectivity index (χ0v) is 11.2. The first-order chi connectivity index (χ1) is 10.1. The summed E-state index contributed by atoms with van der Waals surface area (Å²) >= 11 is 0. The molecular weight excluding hydrogens is 280 g/mol. The van der Waals surface area contributed by atoms with Crippen LogP contribution in [0.25, 0.3) is 0 Å². The third-order valence-corrected chi connectivity index (χ3v) is 3.75. The molecule has 0 amide bonds. The predicted octanol–water partition coefficient (Wildman–Crippen LogP) is 1.62. The Bertz CT molecular complexity index is 621. The summed E-state index contributed by atoms with van der Waals surface area (Å²) in [6.45, 7) is 0.595. The van der Waals surface area contributed by atoms with Crippen LogP contribution < -0.4 is 0 Å². The Morgan fingerprint density at radius 2 is 2.29 bits per heavy atom. The van der Waals surface area contributed by atoms with E-state index >= 15 is 0 Å². The Balaban J connectivity index is 1.89. The number of nitrogens with zero attached hydrogens (tertiary/aromatic N) is 3. The second kappa shape index (κ2) is 5.50.